The van der Waals surface area contributed by atoms with Crippen molar-refractivity contribution in [2.75, 3.05) is 0 Å². The van der Waals surface area contributed by atoms with E-state index in [0.717, 1.165) is 0 Å². The van der Waals surface area contributed by atoms with Crippen LogP contribution >= 0.6 is 0 Å². The maximum absolute atomic E-state index is 2.99. The molecule has 0 heterocycles. The van der Waals surface area contributed by atoms with Crippen LogP contribution in [0, 0.1) is 0 Å². The van der Waals surface area contributed by atoms with Crippen LogP contribution in [0.2, 0.25) is 0 Å². The predicted octanol–water partition coefficient (Wildman–Crippen LogP) is 2.21. The van der Waals surface area contributed by atoms with E-state index in [1.54, 1.807) is 0 Å². The van der Waals surface area contributed by atoms with Crippen LogP contribution in [0.25, 0.3) is 0 Å². The van der Waals surface area contributed by atoms with Crippen LogP contribution in [0.4, 0.5) is 0 Å². The molecule has 1 rings (SSSR count). The molecule has 0 heteroatoms. The van der Waals surface area contributed by atoms with Crippen molar-refractivity contribution in [2.24, 2.45) is 0 Å². The van der Waals surface area contributed by atoms with Crippen LogP contribution in [0.5, 0.6) is 0 Å². The number of rotatable bonds is 0. The molecule has 0 radical (unpaired) electrons. The zero-order valence-corrected chi connectivity index (χ0v) is 4.89. The third-order valence-electron chi connectivity index (χ3n) is 0.974. The molecule has 0 unspecified atom stereocenters. The first-order chi connectivity index (χ1) is 3.89. The monoisotopic (exact) mass is 104 g/mol. The summed E-state index contributed by atoms with van der Waals surface area (Å²) in [4.78, 5) is 0. The van der Waals surface area contributed by atoms with Crippen LogP contribution in [-0.4, -0.2) is 0 Å². The van der Waals surface area contributed by atoms with Crippen molar-refractivity contribution in [1.82, 2.24) is 0 Å². The van der Waals surface area contributed by atoms with E-state index in [2.05, 4.69) is 18.7 Å². The van der Waals surface area contributed by atoms with Crippen molar-refractivity contribution >= 4 is 0 Å². The molecule has 0 aliphatic heterocycles. The van der Waals surface area contributed by atoms with Gasteiger partial charge in [-0.15, -0.1) is 5.73 Å². The van der Waals surface area contributed by atoms with E-state index in [4.69, 9.17) is 0 Å². The molecule has 1 aliphatic carbocycles. The summed E-state index contributed by atoms with van der Waals surface area (Å²) in [5, 5.41) is 0. The van der Waals surface area contributed by atoms with Crippen molar-refractivity contribution in [2.45, 2.75) is 6.92 Å². The maximum Gasteiger partial charge on any atom is -0.0170 e. The third kappa shape index (κ3) is 1.25. The molecule has 0 aromatic heterocycles. The van der Waals surface area contributed by atoms with Crippen molar-refractivity contribution in [3.63, 3.8) is 0 Å². The van der Waals surface area contributed by atoms with Gasteiger partial charge >= 0.3 is 0 Å². The molecular weight excluding hydrogens is 96.1 g/mol. The Hall–Kier alpha value is -1.00. The van der Waals surface area contributed by atoms with Gasteiger partial charge in [-0.1, -0.05) is 18.2 Å². The van der Waals surface area contributed by atoms with Gasteiger partial charge in [0.05, 0.1) is 0 Å². The average Bonchev–Trinajstić information content (AvgIpc) is 1.94. The van der Waals surface area contributed by atoms with Crippen LogP contribution in [0.1, 0.15) is 6.92 Å². The summed E-state index contributed by atoms with van der Waals surface area (Å²) in [7, 11) is 0. The molecule has 0 aromatic rings. The van der Waals surface area contributed by atoms with Gasteiger partial charge in [0.1, 0.15) is 0 Å². The molecule has 40 valence electrons. The van der Waals surface area contributed by atoms with Gasteiger partial charge in [-0.25, -0.2) is 0 Å². The second-order valence-electron chi connectivity index (χ2n) is 1.77. The minimum Gasteiger partial charge on any atom is -0.121 e. The molecule has 0 amide bonds. The second kappa shape index (κ2) is 2.34. The Balaban J connectivity index is 2.94. The van der Waals surface area contributed by atoms with E-state index < -0.39 is 0 Å². The Morgan fingerprint density at radius 2 is 2.25 bits per heavy atom. The highest BCUT2D eigenvalue weighted by Gasteiger charge is 1.76. The number of hydrogen-bond donors (Lipinski definition) is 0. The predicted molar refractivity (Wildman–Crippen MR) is 35.5 cm³/mol. The maximum atomic E-state index is 2.99. The van der Waals surface area contributed by atoms with Gasteiger partial charge in [0.25, 0.3) is 0 Å². The fourth-order valence-corrected chi connectivity index (χ4v) is 0.546. The van der Waals surface area contributed by atoms with E-state index in [-0.39, 0.29) is 0 Å². The minimum atomic E-state index is 1.25. The molecule has 0 bridgehead atoms. The molecule has 1 aliphatic rings. The fraction of sp³-hybridized carbons (Fsp3) is 0.125. The normalized spacial score (nSPS) is 15.9. The van der Waals surface area contributed by atoms with Crippen LogP contribution in [-0.2, 0) is 0 Å². The van der Waals surface area contributed by atoms with Gasteiger partial charge in [0, 0.05) is 0 Å². The topological polar surface area (TPSA) is 0 Å². The highest BCUT2D eigenvalue weighted by Crippen LogP contribution is 1.96. The Morgan fingerprint density at radius 1 is 1.38 bits per heavy atom. The Labute approximate surface area is 49.5 Å². The lowest BCUT2D eigenvalue weighted by molar-refractivity contribution is 1.54. The Kier molecular flexibility index (Phi) is 1.51. The third-order valence-corrected chi connectivity index (χ3v) is 0.974. The van der Waals surface area contributed by atoms with Crippen molar-refractivity contribution < 1.29 is 0 Å². The molecule has 0 nitrogen and oxygen atoms in total. The first kappa shape index (κ1) is 5.14. The SMILES string of the molecule is CC1=CC=CC=C=C1. The molecule has 0 saturated carbocycles. The summed E-state index contributed by atoms with van der Waals surface area (Å²) in [6.45, 7) is 2.05. The number of allylic oxidation sites excluding steroid dienone is 5. The van der Waals surface area contributed by atoms with Crippen molar-refractivity contribution in [1.29, 1.82) is 0 Å². The van der Waals surface area contributed by atoms with E-state index in [1.807, 2.05) is 24.3 Å². The summed E-state index contributed by atoms with van der Waals surface area (Å²) < 4.78 is 0. The summed E-state index contributed by atoms with van der Waals surface area (Å²) in [6.07, 6.45) is 9.88. The summed E-state index contributed by atoms with van der Waals surface area (Å²) in [5.41, 5.74) is 4.24. The van der Waals surface area contributed by atoms with Gasteiger partial charge in [-0.3, -0.25) is 0 Å². The van der Waals surface area contributed by atoms with Gasteiger partial charge in [-0.05, 0) is 24.6 Å². The lowest BCUT2D eigenvalue weighted by atomic mass is 10.3. The van der Waals surface area contributed by atoms with E-state index >= 15 is 0 Å². The Morgan fingerprint density at radius 3 is 3.12 bits per heavy atom. The van der Waals surface area contributed by atoms with Crippen molar-refractivity contribution in [3.8, 4) is 0 Å². The molecule has 0 atom stereocenters. The van der Waals surface area contributed by atoms with Gasteiger partial charge in [-0.2, -0.15) is 0 Å². The lowest BCUT2D eigenvalue weighted by Crippen LogP contribution is -1.58. The molecule has 0 spiro atoms. The van der Waals surface area contributed by atoms with E-state index in [0.29, 0.717) is 0 Å². The zero-order chi connectivity index (χ0) is 5.82. The molecule has 0 N–H and O–H groups in total. The van der Waals surface area contributed by atoms with Gasteiger partial charge < -0.3 is 0 Å². The molecular formula is C8H8. The highest BCUT2D eigenvalue weighted by molar-refractivity contribution is 5.26. The van der Waals surface area contributed by atoms with E-state index in [9.17, 15) is 0 Å². The highest BCUT2D eigenvalue weighted by atomic mass is 13.8. The van der Waals surface area contributed by atoms with E-state index in [1.165, 1.54) is 5.57 Å². The van der Waals surface area contributed by atoms with Gasteiger partial charge in [0.15, 0.2) is 0 Å². The fourth-order valence-electron chi connectivity index (χ4n) is 0.546. The van der Waals surface area contributed by atoms with Crippen LogP contribution in [0.3, 0.4) is 0 Å². The molecule has 8 heavy (non-hydrogen) atoms. The first-order valence-corrected chi connectivity index (χ1v) is 2.65. The largest absolute Gasteiger partial charge is 0.121 e. The standard InChI is InChI=1S/C8H8/c1-8-6-4-2-3-5-7-8/h2-4,6-7H,1H3. The zero-order valence-electron chi connectivity index (χ0n) is 4.89. The molecule has 0 saturated heterocycles. The summed E-state index contributed by atoms with van der Waals surface area (Å²) >= 11 is 0. The lowest BCUT2D eigenvalue weighted by Gasteiger charge is -1.78. The minimum absolute atomic E-state index is 1.25. The van der Waals surface area contributed by atoms with Crippen LogP contribution in [0.15, 0.2) is 41.7 Å². The smallest absolute Gasteiger partial charge is 0.0170 e. The average molecular weight is 104 g/mol. The van der Waals surface area contributed by atoms with Crippen molar-refractivity contribution in [3.05, 3.63) is 41.7 Å². The molecule has 0 aromatic carbocycles. The number of hydrogen-bond acceptors (Lipinski definition) is 0. The Bertz CT molecular complexity index is 186. The molecule has 0 fully saturated rings. The van der Waals surface area contributed by atoms with Crippen LogP contribution < -0.4 is 0 Å². The summed E-state index contributed by atoms with van der Waals surface area (Å²) in [5.74, 6) is 0. The first-order valence-electron chi connectivity index (χ1n) is 2.65. The second-order valence-corrected chi connectivity index (χ2v) is 1.77. The quantitative estimate of drug-likeness (QED) is 0.413. The summed E-state index contributed by atoms with van der Waals surface area (Å²) in [6, 6.07) is 0. The van der Waals surface area contributed by atoms with Gasteiger partial charge in [0.2, 0.25) is 0 Å².